The van der Waals surface area contributed by atoms with Gasteiger partial charge in [-0.3, -0.25) is 10.2 Å². The van der Waals surface area contributed by atoms with Crippen LogP contribution in [0.2, 0.25) is 5.02 Å². The standard InChI is InChI=1S/C25H20BrClN4O3S/c1-33-20-12-3-15(13-21(20)34-2)14-28-31-25-29-22(16-6-10-19(27)11-7-16)24(35-25)30-23(32)17-4-8-18(26)9-5-17/h3-14H,1-2H3,(H,29,31)(H,30,32)/b28-14+. The Kier molecular flexibility index (Phi) is 8.02. The fourth-order valence-electron chi connectivity index (χ4n) is 3.13. The van der Waals surface area contributed by atoms with E-state index in [9.17, 15) is 4.79 Å². The maximum atomic E-state index is 12.8. The number of nitrogens with zero attached hydrogens (tertiary/aromatic N) is 2. The van der Waals surface area contributed by atoms with Gasteiger partial charge < -0.3 is 14.8 Å². The fourth-order valence-corrected chi connectivity index (χ4v) is 4.35. The number of ether oxygens (including phenoxy) is 2. The van der Waals surface area contributed by atoms with Crippen molar-refractivity contribution in [2.75, 3.05) is 25.0 Å². The number of hydrogen-bond acceptors (Lipinski definition) is 7. The smallest absolute Gasteiger partial charge is 0.256 e. The lowest BCUT2D eigenvalue weighted by atomic mass is 10.1. The molecule has 4 aromatic rings. The number of carbonyl (C=O) groups is 1. The molecule has 7 nitrogen and oxygen atoms in total. The van der Waals surface area contributed by atoms with Gasteiger partial charge in [0.25, 0.3) is 5.91 Å². The Bertz CT molecular complexity index is 1360. The fraction of sp³-hybridized carbons (Fsp3) is 0.0800. The third-order valence-corrected chi connectivity index (χ3v) is 6.52. The monoisotopic (exact) mass is 570 g/mol. The summed E-state index contributed by atoms with van der Waals surface area (Å²) in [5, 5.41) is 8.96. The third-order valence-electron chi connectivity index (χ3n) is 4.86. The normalized spacial score (nSPS) is 10.9. The molecule has 35 heavy (non-hydrogen) atoms. The first-order valence-electron chi connectivity index (χ1n) is 10.3. The van der Waals surface area contributed by atoms with E-state index in [0.29, 0.717) is 37.9 Å². The van der Waals surface area contributed by atoms with Crippen molar-refractivity contribution < 1.29 is 14.3 Å². The van der Waals surface area contributed by atoms with Gasteiger partial charge in [0.15, 0.2) is 11.5 Å². The molecular weight excluding hydrogens is 552 g/mol. The zero-order valence-corrected chi connectivity index (χ0v) is 21.9. The zero-order valence-electron chi connectivity index (χ0n) is 18.7. The highest BCUT2D eigenvalue weighted by Crippen LogP contribution is 2.37. The van der Waals surface area contributed by atoms with Gasteiger partial charge in [0.2, 0.25) is 5.13 Å². The first-order chi connectivity index (χ1) is 17.0. The zero-order chi connectivity index (χ0) is 24.8. The average molecular weight is 572 g/mol. The number of benzene rings is 3. The van der Waals surface area contributed by atoms with E-state index in [1.165, 1.54) is 11.3 Å². The number of amides is 1. The number of hydrogen-bond donors (Lipinski definition) is 2. The molecule has 1 aromatic heterocycles. The highest BCUT2D eigenvalue weighted by molar-refractivity contribution is 9.10. The predicted molar refractivity (Wildman–Crippen MR) is 145 cm³/mol. The van der Waals surface area contributed by atoms with Gasteiger partial charge in [-0.25, -0.2) is 4.98 Å². The molecule has 0 aliphatic carbocycles. The molecule has 0 saturated carbocycles. The van der Waals surface area contributed by atoms with Gasteiger partial charge in [0.1, 0.15) is 10.7 Å². The van der Waals surface area contributed by atoms with Crippen LogP contribution >= 0.6 is 38.9 Å². The lowest BCUT2D eigenvalue weighted by Crippen LogP contribution is -2.11. The first kappa shape index (κ1) is 24.7. The van der Waals surface area contributed by atoms with E-state index in [1.54, 1.807) is 50.8 Å². The molecule has 0 unspecified atom stereocenters. The van der Waals surface area contributed by atoms with Crippen molar-refractivity contribution in [2.24, 2.45) is 5.10 Å². The molecular formula is C25H20BrClN4O3S. The van der Waals surface area contributed by atoms with Gasteiger partial charge in [0.05, 0.1) is 20.4 Å². The van der Waals surface area contributed by atoms with Crippen LogP contribution in [0.15, 0.2) is 76.3 Å². The molecule has 0 aliphatic rings. The molecule has 10 heteroatoms. The van der Waals surface area contributed by atoms with E-state index >= 15 is 0 Å². The molecule has 0 fully saturated rings. The number of halogens is 2. The second-order valence-corrected chi connectivity index (χ2v) is 9.50. The minimum atomic E-state index is -0.239. The highest BCUT2D eigenvalue weighted by Gasteiger charge is 2.17. The van der Waals surface area contributed by atoms with Gasteiger partial charge in [-0.15, -0.1) is 0 Å². The maximum Gasteiger partial charge on any atom is 0.256 e. The Labute approximate surface area is 219 Å². The maximum absolute atomic E-state index is 12.8. The Morgan fingerprint density at radius 3 is 2.43 bits per heavy atom. The number of hydrazone groups is 1. The summed E-state index contributed by atoms with van der Waals surface area (Å²) in [5.74, 6) is 1.00. The second kappa shape index (κ2) is 11.4. The quantitative estimate of drug-likeness (QED) is 0.177. The van der Waals surface area contributed by atoms with Crippen LogP contribution < -0.4 is 20.2 Å². The predicted octanol–water partition coefficient (Wildman–Crippen LogP) is 6.94. The lowest BCUT2D eigenvalue weighted by Gasteiger charge is -2.07. The van der Waals surface area contributed by atoms with Crippen molar-refractivity contribution in [3.8, 4) is 22.8 Å². The van der Waals surface area contributed by atoms with E-state index in [2.05, 4.69) is 36.8 Å². The number of thiazole rings is 1. The number of anilines is 2. The van der Waals surface area contributed by atoms with Gasteiger partial charge in [-0.2, -0.15) is 5.10 Å². The summed E-state index contributed by atoms with van der Waals surface area (Å²) in [4.78, 5) is 17.5. The third kappa shape index (κ3) is 6.19. The van der Waals surface area contributed by atoms with E-state index < -0.39 is 0 Å². The Balaban J connectivity index is 1.58. The highest BCUT2D eigenvalue weighted by atomic mass is 79.9. The van der Waals surface area contributed by atoms with Crippen molar-refractivity contribution in [3.05, 3.63) is 87.4 Å². The molecule has 1 heterocycles. The summed E-state index contributed by atoms with van der Waals surface area (Å²) in [5.41, 5.74) is 5.71. The second-order valence-electron chi connectivity index (χ2n) is 7.15. The van der Waals surface area contributed by atoms with Crippen LogP contribution in [0.5, 0.6) is 11.5 Å². The van der Waals surface area contributed by atoms with Gasteiger partial charge in [-0.05, 0) is 60.2 Å². The van der Waals surface area contributed by atoms with Gasteiger partial charge in [-0.1, -0.05) is 51.0 Å². The molecule has 0 bridgehead atoms. The number of aromatic nitrogens is 1. The Morgan fingerprint density at radius 2 is 1.74 bits per heavy atom. The van der Waals surface area contributed by atoms with Crippen molar-refractivity contribution in [1.82, 2.24) is 4.98 Å². The average Bonchev–Trinajstić information content (AvgIpc) is 3.27. The molecule has 4 rings (SSSR count). The van der Waals surface area contributed by atoms with Crippen LogP contribution in [0.4, 0.5) is 10.1 Å². The van der Waals surface area contributed by atoms with E-state index in [-0.39, 0.29) is 5.91 Å². The van der Waals surface area contributed by atoms with E-state index in [1.807, 2.05) is 36.4 Å². The van der Waals surface area contributed by atoms with Crippen LogP contribution in [0, 0.1) is 0 Å². The topological polar surface area (TPSA) is 84.8 Å². The summed E-state index contributed by atoms with van der Waals surface area (Å²) >= 11 is 10.7. The van der Waals surface area contributed by atoms with Crippen molar-refractivity contribution >= 4 is 61.1 Å². The molecule has 0 aliphatic heterocycles. The Hall–Kier alpha value is -3.40. The summed E-state index contributed by atoms with van der Waals surface area (Å²) in [7, 11) is 3.16. The summed E-state index contributed by atoms with van der Waals surface area (Å²) in [6.07, 6.45) is 1.64. The largest absolute Gasteiger partial charge is 0.493 e. The molecule has 1 amide bonds. The molecule has 178 valence electrons. The molecule has 0 saturated heterocycles. The minimum Gasteiger partial charge on any atom is -0.493 e. The number of nitrogens with one attached hydrogen (secondary N) is 2. The Morgan fingerprint density at radius 1 is 1.03 bits per heavy atom. The van der Waals surface area contributed by atoms with Crippen LogP contribution in [-0.4, -0.2) is 31.3 Å². The van der Waals surface area contributed by atoms with Crippen molar-refractivity contribution in [1.29, 1.82) is 0 Å². The minimum absolute atomic E-state index is 0.239. The summed E-state index contributed by atoms with van der Waals surface area (Å²) in [6, 6.07) is 19.9. The molecule has 0 spiro atoms. The van der Waals surface area contributed by atoms with Crippen LogP contribution in [0.1, 0.15) is 15.9 Å². The summed E-state index contributed by atoms with van der Waals surface area (Å²) in [6.45, 7) is 0. The van der Waals surface area contributed by atoms with Crippen LogP contribution in [0.25, 0.3) is 11.3 Å². The number of methoxy groups -OCH3 is 2. The van der Waals surface area contributed by atoms with Crippen molar-refractivity contribution in [3.63, 3.8) is 0 Å². The first-order valence-corrected chi connectivity index (χ1v) is 12.3. The molecule has 2 N–H and O–H groups in total. The van der Waals surface area contributed by atoms with E-state index in [4.69, 9.17) is 21.1 Å². The van der Waals surface area contributed by atoms with Gasteiger partial charge in [0, 0.05) is 20.6 Å². The van der Waals surface area contributed by atoms with Crippen LogP contribution in [-0.2, 0) is 0 Å². The van der Waals surface area contributed by atoms with E-state index in [0.717, 1.165) is 15.6 Å². The van der Waals surface area contributed by atoms with Crippen molar-refractivity contribution in [2.45, 2.75) is 0 Å². The molecule has 3 aromatic carbocycles. The summed E-state index contributed by atoms with van der Waals surface area (Å²) < 4.78 is 11.5. The SMILES string of the molecule is COc1ccc(/C=N/Nc2nc(-c3ccc(Cl)cc3)c(NC(=O)c3ccc(Br)cc3)s2)cc1OC. The van der Waals surface area contributed by atoms with Crippen LogP contribution in [0.3, 0.4) is 0 Å². The number of carbonyl (C=O) groups excluding carboxylic acids is 1. The lowest BCUT2D eigenvalue weighted by molar-refractivity contribution is 0.102. The molecule has 0 radical (unpaired) electrons. The molecule has 0 atom stereocenters. The number of rotatable bonds is 8. The van der Waals surface area contributed by atoms with Gasteiger partial charge >= 0.3 is 0 Å².